The molecule has 0 aromatic rings. The van der Waals surface area contributed by atoms with Crippen LogP contribution in [0.4, 0.5) is 0 Å². The largest absolute Gasteiger partial charge is 0.301 e. The van der Waals surface area contributed by atoms with Crippen molar-refractivity contribution in [3.63, 3.8) is 0 Å². The molecule has 0 heterocycles. The van der Waals surface area contributed by atoms with Crippen LogP contribution in [-0.2, 0) is 0 Å². The number of halogens is 1. The first kappa shape index (κ1) is 12.5. The van der Waals surface area contributed by atoms with Crippen molar-refractivity contribution in [1.29, 1.82) is 0 Å². The van der Waals surface area contributed by atoms with Gasteiger partial charge in [-0.15, -0.1) is 0 Å². The smallest absolute Gasteiger partial charge is 0.00951 e. The van der Waals surface area contributed by atoms with E-state index in [0.717, 1.165) is 11.4 Å². The molecule has 0 saturated heterocycles. The van der Waals surface area contributed by atoms with Gasteiger partial charge in [0.15, 0.2) is 0 Å². The van der Waals surface area contributed by atoms with Crippen LogP contribution in [0.15, 0.2) is 0 Å². The highest BCUT2D eigenvalue weighted by Gasteiger charge is 2.18. The Kier molecular flexibility index (Phi) is 6.88. The zero-order valence-corrected chi connectivity index (χ0v) is 11.1. The normalized spacial score (nSPS) is 19.1. The van der Waals surface area contributed by atoms with Crippen LogP contribution in [0.3, 0.4) is 0 Å². The molecule has 0 radical (unpaired) electrons. The highest BCUT2D eigenvalue weighted by atomic mass is 79.9. The number of hydrogen-bond acceptors (Lipinski definition) is 1. The van der Waals surface area contributed by atoms with Crippen LogP contribution in [0.1, 0.15) is 51.9 Å². The Bertz CT molecular complexity index is 132. The van der Waals surface area contributed by atoms with Crippen LogP contribution < -0.4 is 0 Å². The summed E-state index contributed by atoms with van der Waals surface area (Å²) in [5.41, 5.74) is 0. The lowest BCUT2D eigenvalue weighted by molar-refractivity contribution is 0.162. The second-order valence-corrected chi connectivity index (χ2v) is 5.11. The average Bonchev–Trinajstić information content (AvgIpc) is 2.26. The van der Waals surface area contributed by atoms with Gasteiger partial charge in [-0.05, 0) is 38.8 Å². The molecule has 84 valence electrons. The van der Waals surface area contributed by atoms with Gasteiger partial charge in [-0.2, -0.15) is 0 Å². The van der Waals surface area contributed by atoms with Crippen molar-refractivity contribution in [1.82, 2.24) is 4.90 Å². The van der Waals surface area contributed by atoms with Crippen molar-refractivity contribution < 1.29 is 0 Å². The molecule has 0 unspecified atom stereocenters. The minimum absolute atomic E-state index is 0.907. The Morgan fingerprint density at radius 1 is 1.14 bits per heavy atom. The summed E-state index contributed by atoms with van der Waals surface area (Å²) in [6.07, 6.45) is 9.96. The fraction of sp³-hybridized carbons (Fsp3) is 1.00. The molecule has 0 amide bonds. The Balaban J connectivity index is 2.21. The number of unbranched alkanes of at least 4 members (excludes halogenated alkanes) is 1. The highest BCUT2D eigenvalue weighted by molar-refractivity contribution is 9.09. The van der Waals surface area contributed by atoms with E-state index < -0.39 is 0 Å². The molecule has 1 aliphatic carbocycles. The van der Waals surface area contributed by atoms with Crippen LogP contribution >= 0.6 is 15.9 Å². The molecule has 0 bridgehead atoms. The second kappa shape index (κ2) is 7.70. The average molecular weight is 262 g/mol. The first-order chi connectivity index (χ1) is 6.88. The van der Waals surface area contributed by atoms with Crippen molar-refractivity contribution in [3.05, 3.63) is 0 Å². The maximum absolute atomic E-state index is 3.50. The monoisotopic (exact) mass is 261 g/mol. The number of hydrogen-bond donors (Lipinski definition) is 0. The van der Waals surface area contributed by atoms with Crippen LogP contribution in [0.25, 0.3) is 0 Å². The Morgan fingerprint density at radius 2 is 1.86 bits per heavy atom. The SMILES string of the molecule is CCN(CCCCBr)C1CCCCC1. The lowest BCUT2D eigenvalue weighted by atomic mass is 9.94. The summed E-state index contributed by atoms with van der Waals surface area (Å²) in [5, 5.41) is 1.16. The summed E-state index contributed by atoms with van der Waals surface area (Å²) in [6, 6.07) is 0.907. The summed E-state index contributed by atoms with van der Waals surface area (Å²) in [6.45, 7) is 4.86. The molecule has 0 atom stereocenters. The third-order valence-electron chi connectivity index (χ3n) is 3.33. The minimum Gasteiger partial charge on any atom is -0.301 e. The molecule has 1 rings (SSSR count). The van der Waals surface area contributed by atoms with E-state index in [1.54, 1.807) is 0 Å². The van der Waals surface area contributed by atoms with Crippen LogP contribution in [0, 0.1) is 0 Å². The van der Waals surface area contributed by atoms with Crippen molar-refractivity contribution in [2.45, 2.75) is 57.9 Å². The van der Waals surface area contributed by atoms with Gasteiger partial charge in [-0.3, -0.25) is 0 Å². The molecule has 1 aliphatic rings. The van der Waals surface area contributed by atoms with Gasteiger partial charge in [0.25, 0.3) is 0 Å². The molecular formula is C12H24BrN. The number of alkyl halides is 1. The van der Waals surface area contributed by atoms with Crippen molar-refractivity contribution in [2.75, 3.05) is 18.4 Å². The summed E-state index contributed by atoms with van der Waals surface area (Å²) < 4.78 is 0. The molecule has 1 saturated carbocycles. The quantitative estimate of drug-likeness (QED) is 0.519. The lowest BCUT2D eigenvalue weighted by Crippen LogP contribution is -2.37. The maximum Gasteiger partial charge on any atom is 0.00951 e. The maximum atomic E-state index is 3.50. The van der Waals surface area contributed by atoms with Crippen LogP contribution in [-0.4, -0.2) is 29.4 Å². The van der Waals surface area contributed by atoms with E-state index in [0.29, 0.717) is 0 Å². The molecule has 2 heteroatoms. The molecule has 0 spiro atoms. The first-order valence-electron chi connectivity index (χ1n) is 6.18. The predicted octanol–water partition coefficient (Wildman–Crippen LogP) is 3.82. The van der Waals surface area contributed by atoms with E-state index in [2.05, 4.69) is 27.8 Å². The topological polar surface area (TPSA) is 3.24 Å². The molecule has 0 N–H and O–H groups in total. The van der Waals surface area contributed by atoms with Gasteiger partial charge in [0, 0.05) is 11.4 Å². The number of nitrogens with zero attached hydrogens (tertiary/aromatic N) is 1. The predicted molar refractivity (Wildman–Crippen MR) is 67.1 cm³/mol. The number of rotatable bonds is 6. The third-order valence-corrected chi connectivity index (χ3v) is 3.89. The van der Waals surface area contributed by atoms with E-state index in [9.17, 15) is 0 Å². The molecule has 14 heavy (non-hydrogen) atoms. The summed E-state index contributed by atoms with van der Waals surface area (Å²) in [5.74, 6) is 0. The first-order valence-corrected chi connectivity index (χ1v) is 7.30. The van der Waals surface area contributed by atoms with Gasteiger partial charge >= 0.3 is 0 Å². The molecule has 0 aliphatic heterocycles. The molecule has 1 fully saturated rings. The van der Waals surface area contributed by atoms with Crippen molar-refractivity contribution in [3.8, 4) is 0 Å². The lowest BCUT2D eigenvalue weighted by Gasteiger charge is -2.33. The summed E-state index contributed by atoms with van der Waals surface area (Å²) >= 11 is 3.50. The molecule has 1 nitrogen and oxygen atoms in total. The zero-order chi connectivity index (χ0) is 10.2. The van der Waals surface area contributed by atoms with Crippen molar-refractivity contribution >= 4 is 15.9 Å². The summed E-state index contributed by atoms with van der Waals surface area (Å²) in [4.78, 5) is 2.70. The summed E-state index contributed by atoms with van der Waals surface area (Å²) in [7, 11) is 0. The Morgan fingerprint density at radius 3 is 2.43 bits per heavy atom. The zero-order valence-electron chi connectivity index (χ0n) is 9.47. The standard InChI is InChI=1S/C12H24BrN/c1-2-14(11-7-6-10-13)12-8-4-3-5-9-12/h12H,2-11H2,1H3. The molecule has 0 aromatic heterocycles. The third kappa shape index (κ3) is 4.31. The highest BCUT2D eigenvalue weighted by Crippen LogP contribution is 2.22. The van der Waals surface area contributed by atoms with E-state index in [1.165, 1.54) is 58.0 Å². The van der Waals surface area contributed by atoms with Crippen molar-refractivity contribution in [2.24, 2.45) is 0 Å². The van der Waals surface area contributed by atoms with Gasteiger partial charge in [0.2, 0.25) is 0 Å². The fourth-order valence-electron chi connectivity index (χ4n) is 2.45. The van der Waals surface area contributed by atoms with Gasteiger partial charge < -0.3 is 4.90 Å². The van der Waals surface area contributed by atoms with Gasteiger partial charge in [-0.25, -0.2) is 0 Å². The van der Waals surface area contributed by atoms with E-state index in [1.807, 2.05) is 0 Å². The second-order valence-electron chi connectivity index (χ2n) is 4.32. The van der Waals surface area contributed by atoms with Gasteiger partial charge in [-0.1, -0.05) is 42.1 Å². The van der Waals surface area contributed by atoms with E-state index >= 15 is 0 Å². The van der Waals surface area contributed by atoms with Crippen LogP contribution in [0.2, 0.25) is 0 Å². The van der Waals surface area contributed by atoms with Crippen LogP contribution in [0.5, 0.6) is 0 Å². The molecular weight excluding hydrogens is 238 g/mol. The van der Waals surface area contributed by atoms with Gasteiger partial charge in [0.05, 0.1) is 0 Å². The van der Waals surface area contributed by atoms with E-state index in [4.69, 9.17) is 0 Å². The Labute approximate surface area is 97.4 Å². The fourth-order valence-corrected chi connectivity index (χ4v) is 2.85. The van der Waals surface area contributed by atoms with Gasteiger partial charge in [0.1, 0.15) is 0 Å². The minimum atomic E-state index is 0.907. The molecule has 0 aromatic carbocycles. The Hall–Kier alpha value is 0.440. The van der Waals surface area contributed by atoms with E-state index in [-0.39, 0.29) is 0 Å².